The minimum atomic E-state index is -0.548. The molecule has 1 amide bonds. The Morgan fingerprint density at radius 1 is 1.54 bits per heavy atom. The lowest BCUT2D eigenvalue weighted by Crippen LogP contribution is -2.35. The van der Waals surface area contributed by atoms with Gasteiger partial charge in [0.1, 0.15) is 0 Å². The van der Waals surface area contributed by atoms with Crippen LogP contribution in [-0.4, -0.2) is 78.0 Å². The highest BCUT2D eigenvalue weighted by Gasteiger charge is 2.23. The van der Waals surface area contributed by atoms with Gasteiger partial charge in [0.2, 0.25) is 5.91 Å². The first-order chi connectivity index (χ1) is 11.4. The first kappa shape index (κ1) is 21.7. The number of rotatable bonds is 12. The number of hydrogen-bond donors (Lipinski definition) is 3. The summed E-state index contributed by atoms with van der Waals surface area (Å²) in [4.78, 5) is 14.2. The number of thioether (sulfide) groups is 1. The Labute approximate surface area is 150 Å². The van der Waals surface area contributed by atoms with Crippen molar-refractivity contribution in [2.45, 2.75) is 56.9 Å². The predicted octanol–water partition coefficient (Wildman–Crippen LogP) is 0.825. The lowest BCUT2D eigenvalue weighted by molar-refractivity contribution is -0.122. The average molecular weight is 362 g/mol. The number of likely N-dealkylation sites (tertiary alicyclic amines) is 1. The second kappa shape index (κ2) is 11.3. The number of nitrogens with zero attached hydrogens (tertiary/aromatic N) is 1. The molecule has 1 rings (SSSR count). The third-order valence-corrected chi connectivity index (χ3v) is 5.73. The number of hydrogen-bond acceptors (Lipinski definition) is 6. The van der Waals surface area contributed by atoms with Crippen LogP contribution in [0.1, 0.15) is 40.0 Å². The highest BCUT2D eigenvalue weighted by molar-refractivity contribution is 8.00. The van der Waals surface area contributed by atoms with E-state index in [9.17, 15) is 4.79 Å². The fourth-order valence-electron chi connectivity index (χ4n) is 2.43. The Hall–Kier alpha value is -0.340. The molecule has 1 saturated heterocycles. The quantitative estimate of drug-likeness (QED) is 0.446. The molecule has 0 spiro atoms. The normalized spacial score (nSPS) is 20.3. The molecule has 1 unspecified atom stereocenters. The van der Waals surface area contributed by atoms with Crippen molar-refractivity contribution in [1.29, 1.82) is 0 Å². The van der Waals surface area contributed by atoms with Crippen molar-refractivity contribution in [3.63, 3.8) is 0 Å². The topological polar surface area (TPSA) is 87.8 Å². The Bertz CT molecular complexity index is 369. The molecule has 142 valence electrons. The summed E-state index contributed by atoms with van der Waals surface area (Å²) in [7, 11) is 0. The second-order valence-corrected chi connectivity index (χ2v) is 8.41. The Morgan fingerprint density at radius 3 is 2.96 bits per heavy atom. The third kappa shape index (κ3) is 9.22. The van der Waals surface area contributed by atoms with E-state index in [1.807, 2.05) is 25.6 Å². The van der Waals surface area contributed by atoms with Gasteiger partial charge < -0.3 is 25.8 Å². The molecule has 1 aliphatic rings. The van der Waals surface area contributed by atoms with Gasteiger partial charge in [0.25, 0.3) is 0 Å². The van der Waals surface area contributed by atoms with Crippen molar-refractivity contribution in [3.05, 3.63) is 0 Å². The van der Waals surface area contributed by atoms with Crippen molar-refractivity contribution in [2.24, 2.45) is 5.73 Å². The Kier molecular flexibility index (Phi) is 10.2. The van der Waals surface area contributed by atoms with Crippen LogP contribution in [0.3, 0.4) is 0 Å². The zero-order valence-corrected chi connectivity index (χ0v) is 16.2. The predicted molar refractivity (Wildman–Crippen MR) is 100 cm³/mol. The zero-order chi connectivity index (χ0) is 18.0. The summed E-state index contributed by atoms with van der Waals surface area (Å²) in [6, 6.07) is 0.299. The van der Waals surface area contributed by atoms with Crippen LogP contribution in [0.2, 0.25) is 0 Å². The molecule has 0 saturated carbocycles. The number of carbonyl (C=O) groups excluding carboxylic acids is 1. The fourth-order valence-corrected chi connectivity index (χ4v) is 3.77. The standard InChI is InChI=1S/C17H35N3O3S/c1-4-14(18)12-24-15-5-8-20(11-15)9-6-16(22)19-7-10-23-17(2,3)13-21/h14-15,21H,4-13,18H2,1-3H3,(H,19,22)/t14?,15-/m0/s1. The smallest absolute Gasteiger partial charge is 0.221 e. The van der Waals surface area contributed by atoms with E-state index in [0.29, 0.717) is 30.9 Å². The van der Waals surface area contributed by atoms with Crippen molar-refractivity contribution >= 4 is 17.7 Å². The fraction of sp³-hybridized carbons (Fsp3) is 0.941. The van der Waals surface area contributed by atoms with Gasteiger partial charge in [-0.05, 0) is 33.2 Å². The highest BCUT2D eigenvalue weighted by atomic mass is 32.2. The maximum Gasteiger partial charge on any atom is 0.221 e. The summed E-state index contributed by atoms with van der Waals surface area (Å²) in [5.74, 6) is 1.09. The van der Waals surface area contributed by atoms with Gasteiger partial charge >= 0.3 is 0 Å². The molecule has 1 fully saturated rings. The number of aliphatic hydroxyl groups excluding tert-OH is 1. The van der Waals surface area contributed by atoms with Crippen molar-refractivity contribution in [3.8, 4) is 0 Å². The summed E-state index contributed by atoms with van der Waals surface area (Å²) < 4.78 is 5.49. The van der Waals surface area contributed by atoms with Gasteiger partial charge in [-0.15, -0.1) is 0 Å². The van der Waals surface area contributed by atoms with Gasteiger partial charge in [-0.1, -0.05) is 6.92 Å². The first-order valence-corrected chi connectivity index (χ1v) is 10.0. The first-order valence-electron chi connectivity index (χ1n) is 8.97. The number of carbonyl (C=O) groups is 1. The lowest BCUT2D eigenvalue weighted by Gasteiger charge is -2.22. The molecular weight excluding hydrogens is 326 g/mol. The third-order valence-electron chi connectivity index (χ3n) is 4.25. The van der Waals surface area contributed by atoms with E-state index in [4.69, 9.17) is 15.6 Å². The molecule has 0 aliphatic carbocycles. The van der Waals surface area contributed by atoms with Crippen LogP contribution >= 0.6 is 11.8 Å². The Balaban J connectivity index is 2.07. The highest BCUT2D eigenvalue weighted by Crippen LogP contribution is 2.23. The van der Waals surface area contributed by atoms with Gasteiger partial charge in [0, 0.05) is 43.1 Å². The van der Waals surface area contributed by atoms with E-state index < -0.39 is 5.60 Å². The molecule has 1 heterocycles. The van der Waals surface area contributed by atoms with Crippen LogP contribution in [0, 0.1) is 0 Å². The number of ether oxygens (including phenoxy) is 1. The van der Waals surface area contributed by atoms with Crippen LogP contribution in [0.15, 0.2) is 0 Å². The number of aliphatic hydroxyl groups is 1. The van der Waals surface area contributed by atoms with Gasteiger partial charge in [0.15, 0.2) is 0 Å². The molecule has 1 aliphatic heterocycles. The van der Waals surface area contributed by atoms with E-state index >= 15 is 0 Å². The zero-order valence-electron chi connectivity index (χ0n) is 15.4. The monoisotopic (exact) mass is 361 g/mol. The molecule has 0 radical (unpaired) electrons. The van der Waals surface area contributed by atoms with E-state index in [2.05, 4.69) is 17.1 Å². The molecule has 0 aromatic carbocycles. The van der Waals surface area contributed by atoms with Gasteiger partial charge in [-0.3, -0.25) is 4.79 Å². The minimum Gasteiger partial charge on any atom is -0.393 e. The van der Waals surface area contributed by atoms with Crippen molar-refractivity contribution in [2.75, 3.05) is 45.1 Å². The summed E-state index contributed by atoms with van der Waals surface area (Å²) in [6.07, 6.45) is 2.74. The molecule has 0 aromatic heterocycles. The van der Waals surface area contributed by atoms with E-state index in [1.165, 1.54) is 6.42 Å². The van der Waals surface area contributed by atoms with Crippen molar-refractivity contribution < 1.29 is 14.6 Å². The number of nitrogens with one attached hydrogen (secondary N) is 1. The molecule has 2 atom stereocenters. The van der Waals surface area contributed by atoms with Gasteiger partial charge in [-0.2, -0.15) is 11.8 Å². The van der Waals surface area contributed by atoms with E-state index in [1.54, 1.807) is 0 Å². The van der Waals surface area contributed by atoms with Crippen LogP contribution in [0.4, 0.5) is 0 Å². The summed E-state index contributed by atoms with van der Waals surface area (Å²) in [5.41, 5.74) is 5.42. The molecule has 6 nitrogen and oxygen atoms in total. The van der Waals surface area contributed by atoms with Crippen LogP contribution in [0.5, 0.6) is 0 Å². The second-order valence-electron chi connectivity index (χ2n) is 7.08. The minimum absolute atomic E-state index is 0.0295. The molecule has 0 aromatic rings. The van der Waals surface area contributed by atoms with Crippen LogP contribution < -0.4 is 11.1 Å². The van der Waals surface area contributed by atoms with Crippen LogP contribution in [-0.2, 0) is 9.53 Å². The molecule has 4 N–H and O–H groups in total. The van der Waals surface area contributed by atoms with Crippen LogP contribution in [0.25, 0.3) is 0 Å². The molecule has 7 heteroatoms. The molecule has 24 heavy (non-hydrogen) atoms. The lowest BCUT2D eigenvalue weighted by atomic mass is 10.1. The average Bonchev–Trinajstić information content (AvgIpc) is 3.02. The largest absolute Gasteiger partial charge is 0.393 e. The Morgan fingerprint density at radius 2 is 2.29 bits per heavy atom. The van der Waals surface area contributed by atoms with Gasteiger partial charge in [-0.25, -0.2) is 0 Å². The van der Waals surface area contributed by atoms with E-state index in [0.717, 1.165) is 31.8 Å². The van der Waals surface area contributed by atoms with Crippen molar-refractivity contribution in [1.82, 2.24) is 10.2 Å². The summed E-state index contributed by atoms with van der Waals surface area (Å²) >= 11 is 1.97. The maximum atomic E-state index is 11.9. The molecular formula is C17H35N3O3S. The SMILES string of the molecule is CCC(N)CS[C@H]1CCN(CCC(=O)NCCOC(C)(C)CO)C1. The van der Waals surface area contributed by atoms with Gasteiger partial charge in [0.05, 0.1) is 18.8 Å². The maximum absolute atomic E-state index is 11.9. The number of amides is 1. The summed E-state index contributed by atoms with van der Waals surface area (Å²) in [5, 5.41) is 12.6. The summed E-state index contributed by atoms with van der Waals surface area (Å²) in [6.45, 7) is 9.58. The number of nitrogens with two attached hydrogens (primary N) is 1. The molecule has 0 bridgehead atoms. The van der Waals surface area contributed by atoms with E-state index in [-0.39, 0.29) is 12.5 Å².